The van der Waals surface area contributed by atoms with Crippen molar-refractivity contribution < 1.29 is 9.59 Å². The average molecular weight is 337 g/mol. The first-order valence-corrected chi connectivity index (χ1v) is 7.72. The summed E-state index contributed by atoms with van der Waals surface area (Å²) >= 11 is 3.47. The van der Waals surface area contributed by atoms with Crippen molar-refractivity contribution >= 4 is 33.4 Å². The van der Waals surface area contributed by atoms with Crippen LogP contribution in [0.25, 0.3) is 0 Å². The maximum absolute atomic E-state index is 12.7. The van der Waals surface area contributed by atoms with Gasteiger partial charge in [-0.05, 0) is 49.4 Å². The van der Waals surface area contributed by atoms with Crippen molar-refractivity contribution in [3.63, 3.8) is 0 Å². The normalized spacial score (nSPS) is 23.5. The number of amides is 2. The van der Waals surface area contributed by atoms with E-state index in [9.17, 15) is 9.59 Å². The molecule has 0 radical (unpaired) electrons. The summed E-state index contributed by atoms with van der Waals surface area (Å²) in [5.41, 5.74) is 1.96. The van der Waals surface area contributed by atoms with Crippen LogP contribution >= 0.6 is 15.9 Å². The summed E-state index contributed by atoms with van der Waals surface area (Å²) in [6.07, 6.45) is 2.43. The van der Waals surface area contributed by atoms with E-state index in [-0.39, 0.29) is 17.9 Å². The minimum atomic E-state index is -0.339. The van der Waals surface area contributed by atoms with Crippen molar-refractivity contribution in [2.75, 3.05) is 11.4 Å². The fraction of sp³-hybridized carbons (Fsp3) is 0.467. The van der Waals surface area contributed by atoms with Gasteiger partial charge in [-0.3, -0.25) is 9.59 Å². The predicted octanol–water partition coefficient (Wildman–Crippen LogP) is 2.39. The molecule has 1 aromatic carbocycles. The Morgan fingerprint density at radius 2 is 2.05 bits per heavy atom. The minimum Gasteiger partial charge on any atom is -0.344 e. The number of nitrogens with one attached hydrogen (secondary N) is 1. The highest BCUT2D eigenvalue weighted by atomic mass is 79.9. The number of carbonyl (C=O) groups is 2. The van der Waals surface area contributed by atoms with E-state index in [1.54, 1.807) is 4.90 Å². The molecule has 1 aromatic rings. The van der Waals surface area contributed by atoms with E-state index in [0.717, 1.165) is 28.6 Å². The molecule has 2 amide bonds. The second-order valence-electron chi connectivity index (χ2n) is 5.56. The van der Waals surface area contributed by atoms with Gasteiger partial charge >= 0.3 is 0 Å². The second-order valence-corrected chi connectivity index (χ2v) is 6.41. The molecule has 0 bridgehead atoms. The van der Waals surface area contributed by atoms with E-state index in [1.807, 2.05) is 25.1 Å². The maximum atomic E-state index is 12.7. The van der Waals surface area contributed by atoms with E-state index in [4.69, 9.17) is 0 Å². The van der Waals surface area contributed by atoms with Crippen molar-refractivity contribution in [1.82, 2.24) is 5.32 Å². The smallest absolute Gasteiger partial charge is 0.249 e. The lowest BCUT2D eigenvalue weighted by Crippen LogP contribution is -2.46. The van der Waals surface area contributed by atoms with E-state index in [1.165, 1.54) is 0 Å². The fourth-order valence-corrected chi connectivity index (χ4v) is 2.85. The third-order valence-electron chi connectivity index (χ3n) is 3.96. The molecule has 2 aliphatic rings. The molecule has 1 aliphatic heterocycles. The van der Waals surface area contributed by atoms with Crippen LogP contribution in [-0.2, 0) is 9.59 Å². The monoisotopic (exact) mass is 336 g/mol. The Kier molecular flexibility index (Phi) is 3.54. The molecule has 1 N–H and O–H groups in total. The number of rotatable bonds is 2. The SMILES string of the molecule is Cc1cc(N2CCC(=O)NC(C3CC3)C2=O)ccc1Br. The summed E-state index contributed by atoms with van der Waals surface area (Å²) in [6, 6.07) is 5.52. The molecule has 0 aromatic heterocycles. The molecule has 1 aliphatic carbocycles. The average Bonchev–Trinajstić information content (AvgIpc) is 3.23. The van der Waals surface area contributed by atoms with Gasteiger partial charge in [0.2, 0.25) is 11.8 Å². The van der Waals surface area contributed by atoms with Crippen LogP contribution in [0, 0.1) is 12.8 Å². The topological polar surface area (TPSA) is 49.4 Å². The van der Waals surface area contributed by atoms with Crippen LogP contribution in [0.1, 0.15) is 24.8 Å². The third kappa shape index (κ3) is 2.59. The zero-order valence-corrected chi connectivity index (χ0v) is 12.9. The van der Waals surface area contributed by atoms with Gasteiger partial charge in [0.1, 0.15) is 6.04 Å². The molecular weight excluding hydrogens is 320 g/mol. The highest BCUT2D eigenvalue weighted by Crippen LogP contribution is 2.35. The van der Waals surface area contributed by atoms with Crippen molar-refractivity contribution in [3.8, 4) is 0 Å². The summed E-state index contributed by atoms with van der Waals surface area (Å²) in [5, 5.41) is 2.88. The Balaban J connectivity index is 1.91. The molecule has 2 fully saturated rings. The van der Waals surface area contributed by atoms with Crippen LogP contribution < -0.4 is 10.2 Å². The number of hydrogen-bond acceptors (Lipinski definition) is 2. The van der Waals surface area contributed by atoms with Crippen LogP contribution in [0.5, 0.6) is 0 Å². The Morgan fingerprint density at radius 3 is 2.70 bits per heavy atom. The van der Waals surface area contributed by atoms with E-state index in [0.29, 0.717) is 18.9 Å². The van der Waals surface area contributed by atoms with E-state index in [2.05, 4.69) is 21.2 Å². The zero-order chi connectivity index (χ0) is 14.3. The molecule has 106 valence electrons. The minimum absolute atomic E-state index is 0.0217. The highest BCUT2D eigenvalue weighted by molar-refractivity contribution is 9.10. The molecule has 1 saturated heterocycles. The standard InChI is InChI=1S/C15H17BrN2O2/c1-9-8-11(4-5-12(9)16)18-7-6-13(19)17-14(15(18)20)10-2-3-10/h4-5,8,10,14H,2-3,6-7H2,1H3,(H,17,19). The van der Waals surface area contributed by atoms with Crippen LogP contribution in [-0.4, -0.2) is 24.4 Å². The van der Waals surface area contributed by atoms with Gasteiger partial charge in [0.05, 0.1) is 0 Å². The van der Waals surface area contributed by atoms with Crippen molar-refractivity contribution in [1.29, 1.82) is 0 Å². The van der Waals surface area contributed by atoms with Crippen molar-refractivity contribution in [2.45, 2.75) is 32.2 Å². The summed E-state index contributed by atoms with van der Waals surface area (Å²) < 4.78 is 1.02. The number of benzene rings is 1. The number of nitrogens with zero attached hydrogens (tertiary/aromatic N) is 1. The number of hydrogen-bond donors (Lipinski definition) is 1. The van der Waals surface area contributed by atoms with Crippen LogP contribution in [0.3, 0.4) is 0 Å². The Morgan fingerprint density at radius 1 is 1.30 bits per heavy atom. The highest BCUT2D eigenvalue weighted by Gasteiger charge is 2.41. The maximum Gasteiger partial charge on any atom is 0.249 e. The van der Waals surface area contributed by atoms with Gasteiger partial charge in [0, 0.05) is 23.1 Å². The van der Waals surface area contributed by atoms with Gasteiger partial charge in [-0.2, -0.15) is 0 Å². The Bertz CT molecular complexity index is 569. The lowest BCUT2D eigenvalue weighted by atomic mass is 10.1. The molecular formula is C15H17BrN2O2. The lowest BCUT2D eigenvalue weighted by molar-refractivity contribution is -0.126. The summed E-state index contributed by atoms with van der Waals surface area (Å²) in [5.74, 6) is 0.329. The molecule has 1 atom stereocenters. The van der Waals surface area contributed by atoms with Crippen molar-refractivity contribution in [3.05, 3.63) is 28.2 Å². The van der Waals surface area contributed by atoms with E-state index < -0.39 is 0 Å². The van der Waals surface area contributed by atoms with Crippen molar-refractivity contribution in [2.24, 2.45) is 5.92 Å². The summed E-state index contributed by atoms with van der Waals surface area (Å²) in [7, 11) is 0. The number of carbonyl (C=O) groups excluding carboxylic acids is 2. The molecule has 4 nitrogen and oxygen atoms in total. The van der Waals surface area contributed by atoms with Crippen LogP contribution in [0.4, 0.5) is 5.69 Å². The Hall–Kier alpha value is -1.36. The number of anilines is 1. The molecule has 1 unspecified atom stereocenters. The first-order chi connectivity index (χ1) is 9.56. The molecule has 3 rings (SSSR count). The van der Waals surface area contributed by atoms with Gasteiger partial charge in [-0.25, -0.2) is 0 Å². The second kappa shape index (κ2) is 5.20. The largest absolute Gasteiger partial charge is 0.344 e. The lowest BCUT2D eigenvalue weighted by Gasteiger charge is -2.24. The third-order valence-corrected chi connectivity index (χ3v) is 4.85. The molecule has 20 heavy (non-hydrogen) atoms. The predicted molar refractivity (Wildman–Crippen MR) is 80.5 cm³/mol. The van der Waals surface area contributed by atoms with Crippen LogP contribution in [0.15, 0.2) is 22.7 Å². The molecule has 1 saturated carbocycles. The molecule has 1 heterocycles. The van der Waals surface area contributed by atoms with Gasteiger partial charge in [-0.1, -0.05) is 15.9 Å². The number of aryl methyl sites for hydroxylation is 1. The summed E-state index contributed by atoms with van der Waals surface area (Å²) in [4.78, 5) is 26.2. The zero-order valence-electron chi connectivity index (χ0n) is 11.4. The quantitative estimate of drug-likeness (QED) is 0.901. The Labute approximate surface area is 126 Å². The van der Waals surface area contributed by atoms with E-state index >= 15 is 0 Å². The first kappa shape index (κ1) is 13.6. The van der Waals surface area contributed by atoms with Gasteiger partial charge < -0.3 is 10.2 Å². The van der Waals surface area contributed by atoms with Gasteiger partial charge in [0.25, 0.3) is 0 Å². The van der Waals surface area contributed by atoms with Gasteiger partial charge in [-0.15, -0.1) is 0 Å². The number of halogens is 1. The first-order valence-electron chi connectivity index (χ1n) is 6.93. The van der Waals surface area contributed by atoms with Crippen LogP contribution in [0.2, 0.25) is 0 Å². The molecule has 5 heteroatoms. The molecule has 0 spiro atoms. The summed E-state index contributed by atoms with van der Waals surface area (Å²) in [6.45, 7) is 2.45. The van der Waals surface area contributed by atoms with Gasteiger partial charge in [0.15, 0.2) is 0 Å². The fourth-order valence-electron chi connectivity index (χ4n) is 2.60.